The van der Waals surface area contributed by atoms with E-state index in [-0.39, 0.29) is 0 Å². The third-order valence-corrected chi connectivity index (χ3v) is 2.37. The minimum absolute atomic E-state index is 0.418. The van der Waals surface area contributed by atoms with Gasteiger partial charge in [-0.3, -0.25) is 0 Å². The van der Waals surface area contributed by atoms with E-state index in [2.05, 4.69) is 18.6 Å². The number of ether oxygens (including phenoxy) is 1. The Balaban J connectivity index is 3.21. The fraction of sp³-hybridized carbons (Fsp3) is 0.667. The van der Waals surface area contributed by atoms with Crippen LogP contribution in [0.25, 0.3) is 0 Å². The van der Waals surface area contributed by atoms with Crippen molar-refractivity contribution >= 4 is 10.9 Å². The van der Waals surface area contributed by atoms with Gasteiger partial charge >= 0.3 is 0 Å². The molecular formula is C6H13OS+. The summed E-state index contributed by atoms with van der Waals surface area (Å²) in [6.45, 7) is 2.17. The third kappa shape index (κ3) is 4.06. The second kappa shape index (κ2) is 5.04. The van der Waals surface area contributed by atoms with Gasteiger partial charge < -0.3 is 4.74 Å². The number of hydrogen-bond acceptors (Lipinski definition) is 1. The Bertz CT molecular complexity index is 70.9. The van der Waals surface area contributed by atoms with Crippen molar-refractivity contribution in [3.8, 4) is 0 Å². The zero-order chi connectivity index (χ0) is 6.41. The van der Waals surface area contributed by atoms with E-state index in [4.69, 9.17) is 4.74 Å². The predicted molar refractivity (Wildman–Crippen MR) is 40.0 cm³/mol. The highest BCUT2D eigenvalue weighted by atomic mass is 32.2. The normalized spacial score (nSPS) is 14.4. The summed E-state index contributed by atoms with van der Waals surface area (Å²) in [5, 5.41) is 2.08. The minimum atomic E-state index is 0.418. The van der Waals surface area contributed by atoms with Crippen LogP contribution in [0, 0.1) is 0 Å². The third-order valence-electron chi connectivity index (χ3n) is 0.879. The molecule has 0 spiro atoms. The fourth-order valence-corrected chi connectivity index (χ4v) is 0.740. The van der Waals surface area contributed by atoms with E-state index in [1.165, 1.54) is 5.75 Å². The molecule has 0 saturated carbocycles. The molecule has 1 atom stereocenters. The highest BCUT2D eigenvalue weighted by molar-refractivity contribution is 7.98. The van der Waals surface area contributed by atoms with Gasteiger partial charge in [-0.25, -0.2) is 0 Å². The van der Waals surface area contributed by atoms with Gasteiger partial charge in [0.2, 0.25) is 0 Å². The maximum Gasteiger partial charge on any atom is 0.153 e. The number of hydrogen-bond donors (Lipinski definition) is 0. The maximum atomic E-state index is 4.74. The molecule has 0 fully saturated rings. The Labute approximate surface area is 54.1 Å². The van der Waals surface area contributed by atoms with Crippen molar-refractivity contribution in [2.45, 2.75) is 6.92 Å². The standard InChI is InChI=1S/C6H13OS/c1-4-8(3)6-5-7-2/h5-6H,4H2,1-3H3/q+1/b6-5+. The lowest BCUT2D eigenvalue weighted by molar-refractivity contribution is 0.339. The van der Waals surface area contributed by atoms with E-state index < -0.39 is 0 Å². The summed E-state index contributed by atoms with van der Waals surface area (Å²) in [7, 11) is 2.09. The van der Waals surface area contributed by atoms with E-state index in [9.17, 15) is 0 Å². The van der Waals surface area contributed by atoms with Crippen LogP contribution in [0.2, 0.25) is 0 Å². The van der Waals surface area contributed by atoms with E-state index in [1.807, 2.05) is 0 Å². The summed E-state index contributed by atoms with van der Waals surface area (Å²) < 4.78 is 4.74. The van der Waals surface area contributed by atoms with Crippen LogP contribution in [0.5, 0.6) is 0 Å². The van der Waals surface area contributed by atoms with Crippen molar-refractivity contribution in [2.75, 3.05) is 19.1 Å². The lowest BCUT2D eigenvalue weighted by Gasteiger charge is -1.87. The number of methoxy groups -OCH3 is 1. The molecule has 0 aliphatic heterocycles. The Morgan fingerprint density at radius 1 is 1.62 bits per heavy atom. The molecule has 0 radical (unpaired) electrons. The second-order valence-corrected chi connectivity index (χ2v) is 3.72. The van der Waals surface area contributed by atoms with Crippen LogP contribution in [0.3, 0.4) is 0 Å². The first-order valence-electron chi connectivity index (χ1n) is 2.62. The van der Waals surface area contributed by atoms with E-state index in [1.54, 1.807) is 13.4 Å². The molecule has 8 heavy (non-hydrogen) atoms. The molecule has 0 aliphatic carbocycles. The molecule has 0 saturated heterocycles. The van der Waals surface area contributed by atoms with E-state index >= 15 is 0 Å². The summed E-state index contributed by atoms with van der Waals surface area (Å²) in [5.41, 5.74) is 0. The second-order valence-electron chi connectivity index (χ2n) is 1.49. The van der Waals surface area contributed by atoms with Crippen molar-refractivity contribution in [3.05, 3.63) is 11.7 Å². The van der Waals surface area contributed by atoms with Crippen molar-refractivity contribution in [3.63, 3.8) is 0 Å². The van der Waals surface area contributed by atoms with Gasteiger partial charge in [-0.2, -0.15) is 0 Å². The molecule has 0 aliphatic rings. The topological polar surface area (TPSA) is 9.23 Å². The van der Waals surface area contributed by atoms with E-state index in [0.717, 1.165) is 0 Å². The molecule has 1 unspecified atom stereocenters. The fourth-order valence-electron chi connectivity index (χ4n) is 0.247. The van der Waals surface area contributed by atoms with Crippen LogP contribution < -0.4 is 0 Å². The average molecular weight is 133 g/mol. The van der Waals surface area contributed by atoms with E-state index in [0.29, 0.717) is 10.9 Å². The summed E-state index contributed by atoms with van der Waals surface area (Å²) >= 11 is 0. The van der Waals surface area contributed by atoms with Crippen LogP contribution in [-0.2, 0) is 15.6 Å². The molecule has 0 bridgehead atoms. The van der Waals surface area contributed by atoms with Crippen molar-refractivity contribution in [2.24, 2.45) is 0 Å². The molecule has 0 amide bonds. The molecule has 0 N–H and O–H groups in total. The number of rotatable bonds is 3. The average Bonchev–Trinajstić information content (AvgIpc) is 1.83. The minimum Gasteiger partial charge on any atom is -0.500 e. The lowest BCUT2D eigenvalue weighted by atomic mass is 11.0. The van der Waals surface area contributed by atoms with Gasteiger partial charge in [0.15, 0.2) is 5.41 Å². The molecule has 2 heteroatoms. The van der Waals surface area contributed by atoms with Gasteiger partial charge in [0.25, 0.3) is 0 Å². The van der Waals surface area contributed by atoms with Gasteiger partial charge in [-0.15, -0.1) is 0 Å². The Morgan fingerprint density at radius 2 is 2.25 bits per heavy atom. The smallest absolute Gasteiger partial charge is 0.153 e. The molecule has 0 heterocycles. The monoisotopic (exact) mass is 133 g/mol. The summed E-state index contributed by atoms with van der Waals surface area (Å²) in [4.78, 5) is 0. The summed E-state index contributed by atoms with van der Waals surface area (Å²) in [5.74, 6) is 1.21. The van der Waals surface area contributed by atoms with Crippen LogP contribution >= 0.6 is 0 Å². The first-order chi connectivity index (χ1) is 3.81. The van der Waals surface area contributed by atoms with Gasteiger partial charge in [0.1, 0.15) is 18.3 Å². The van der Waals surface area contributed by atoms with Crippen molar-refractivity contribution in [1.82, 2.24) is 0 Å². The largest absolute Gasteiger partial charge is 0.500 e. The summed E-state index contributed by atoms with van der Waals surface area (Å²) in [6.07, 6.45) is 3.93. The van der Waals surface area contributed by atoms with Crippen LogP contribution in [0.1, 0.15) is 6.92 Å². The molecule has 0 aromatic carbocycles. The van der Waals surface area contributed by atoms with Gasteiger partial charge in [-0.1, -0.05) is 0 Å². The molecule has 1 nitrogen and oxygen atoms in total. The molecule has 0 rings (SSSR count). The maximum absolute atomic E-state index is 4.74. The van der Waals surface area contributed by atoms with Crippen LogP contribution in [0.15, 0.2) is 11.7 Å². The Kier molecular flexibility index (Phi) is 4.97. The van der Waals surface area contributed by atoms with Gasteiger partial charge in [-0.05, 0) is 6.92 Å². The quantitative estimate of drug-likeness (QED) is 0.417. The highest BCUT2D eigenvalue weighted by Gasteiger charge is 1.98. The predicted octanol–water partition coefficient (Wildman–Crippen LogP) is 1.37. The first kappa shape index (κ1) is 7.89. The Hall–Kier alpha value is -0.110. The van der Waals surface area contributed by atoms with Crippen LogP contribution in [-0.4, -0.2) is 19.1 Å². The molecule has 0 aromatic rings. The first-order valence-corrected chi connectivity index (χ1v) is 4.48. The SMILES string of the molecule is CC[S+](C)/C=C/OC. The zero-order valence-corrected chi connectivity index (χ0v) is 6.49. The molecular weight excluding hydrogens is 120 g/mol. The lowest BCUT2D eigenvalue weighted by Crippen LogP contribution is -1.95. The van der Waals surface area contributed by atoms with Crippen LogP contribution in [0.4, 0.5) is 0 Å². The van der Waals surface area contributed by atoms with Crippen molar-refractivity contribution in [1.29, 1.82) is 0 Å². The highest BCUT2D eigenvalue weighted by Crippen LogP contribution is 1.91. The van der Waals surface area contributed by atoms with Gasteiger partial charge in [0.05, 0.1) is 7.11 Å². The zero-order valence-electron chi connectivity index (χ0n) is 5.68. The molecule has 0 aromatic heterocycles. The summed E-state index contributed by atoms with van der Waals surface area (Å²) in [6, 6.07) is 0. The molecule has 48 valence electrons. The van der Waals surface area contributed by atoms with Gasteiger partial charge in [0, 0.05) is 10.9 Å². The Morgan fingerprint density at radius 3 is 2.62 bits per heavy atom. The van der Waals surface area contributed by atoms with Crippen molar-refractivity contribution < 1.29 is 4.74 Å².